The van der Waals surface area contributed by atoms with E-state index in [4.69, 9.17) is 4.18 Å². The summed E-state index contributed by atoms with van der Waals surface area (Å²) in [6, 6.07) is 5.92. The van der Waals surface area contributed by atoms with E-state index < -0.39 is 11.4 Å². The summed E-state index contributed by atoms with van der Waals surface area (Å²) in [4.78, 5) is 0. The molecule has 0 heterocycles. The lowest BCUT2D eigenvalue weighted by atomic mass is 10.0. The molecule has 0 aliphatic carbocycles. The molecule has 1 unspecified atom stereocenters. The average Bonchev–Trinajstić information content (AvgIpc) is 2.34. The largest absolute Gasteiger partial charge is 0.740 e. The molecule has 0 saturated heterocycles. The highest BCUT2D eigenvalue weighted by Gasteiger charge is 2.06. The molecule has 0 aromatic heterocycles. The molecule has 1 atom stereocenters. The molecular formula is C14H21O3S-. The van der Waals surface area contributed by atoms with Crippen molar-refractivity contribution in [2.75, 3.05) is 0 Å². The normalized spacial score (nSPS) is 12.4. The smallest absolute Gasteiger partial charge is 0.142 e. The minimum Gasteiger partial charge on any atom is -0.740 e. The third kappa shape index (κ3) is 5.19. The van der Waals surface area contributed by atoms with Crippen LogP contribution < -0.4 is 4.18 Å². The molecule has 1 aromatic rings. The van der Waals surface area contributed by atoms with E-state index in [0.29, 0.717) is 5.75 Å². The zero-order valence-corrected chi connectivity index (χ0v) is 11.9. The van der Waals surface area contributed by atoms with Crippen LogP contribution in [0, 0.1) is 0 Å². The number of hydrogen-bond acceptors (Lipinski definition) is 3. The molecule has 0 bridgehead atoms. The van der Waals surface area contributed by atoms with Crippen molar-refractivity contribution in [3.8, 4) is 5.75 Å². The minimum atomic E-state index is -2.50. The van der Waals surface area contributed by atoms with Gasteiger partial charge in [0.15, 0.2) is 0 Å². The van der Waals surface area contributed by atoms with Gasteiger partial charge in [0.05, 0.1) is 0 Å². The summed E-state index contributed by atoms with van der Waals surface area (Å²) in [5.41, 5.74) is 2.11. The second-order valence-corrected chi connectivity index (χ2v) is 5.01. The Morgan fingerprint density at radius 3 is 2.44 bits per heavy atom. The molecule has 0 aliphatic rings. The highest BCUT2D eigenvalue weighted by atomic mass is 32.2. The Labute approximate surface area is 112 Å². The maximum atomic E-state index is 10.7. The predicted octanol–water partition coefficient (Wildman–Crippen LogP) is 3.54. The summed E-state index contributed by atoms with van der Waals surface area (Å²) in [6.07, 6.45) is 6.17. The fourth-order valence-corrected chi connectivity index (χ4v) is 2.16. The predicted molar refractivity (Wildman–Crippen MR) is 73.2 cm³/mol. The van der Waals surface area contributed by atoms with E-state index in [2.05, 4.69) is 19.9 Å². The van der Waals surface area contributed by atoms with Gasteiger partial charge < -0.3 is 8.74 Å². The van der Waals surface area contributed by atoms with Crippen LogP contribution in [0.15, 0.2) is 18.2 Å². The van der Waals surface area contributed by atoms with Crippen LogP contribution in [0.2, 0.25) is 0 Å². The van der Waals surface area contributed by atoms with Gasteiger partial charge >= 0.3 is 0 Å². The molecule has 4 heteroatoms. The highest BCUT2D eigenvalue weighted by Crippen LogP contribution is 2.24. The molecular weight excluding hydrogens is 248 g/mol. The van der Waals surface area contributed by atoms with E-state index in [1.807, 2.05) is 12.1 Å². The van der Waals surface area contributed by atoms with Gasteiger partial charge in [-0.2, -0.15) is 0 Å². The maximum absolute atomic E-state index is 10.7. The van der Waals surface area contributed by atoms with Gasteiger partial charge in [-0.05, 0) is 42.9 Å². The monoisotopic (exact) mass is 269 g/mol. The summed E-state index contributed by atoms with van der Waals surface area (Å²) in [6.45, 7) is 4.25. The van der Waals surface area contributed by atoms with Crippen molar-refractivity contribution in [3.63, 3.8) is 0 Å². The molecule has 0 amide bonds. The molecule has 0 saturated carbocycles. The average molecular weight is 269 g/mol. The number of rotatable bonds is 8. The highest BCUT2D eigenvalue weighted by molar-refractivity contribution is 7.74. The SMILES string of the molecule is CCCCc1ccc(CCCC)c(OS(=O)[O-])c1. The quantitative estimate of drug-likeness (QED) is 0.678. The first kappa shape index (κ1) is 15.2. The van der Waals surface area contributed by atoms with Crippen LogP contribution in [-0.4, -0.2) is 8.76 Å². The molecule has 0 spiro atoms. The fourth-order valence-electron chi connectivity index (χ4n) is 1.86. The van der Waals surface area contributed by atoms with Crippen LogP contribution in [0.5, 0.6) is 5.75 Å². The van der Waals surface area contributed by atoms with E-state index >= 15 is 0 Å². The Kier molecular flexibility index (Phi) is 6.98. The topological polar surface area (TPSA) is 49.4 Å². The first-order valence-corrected chi connectivity index (χ1v) is 7.56. The standard InChI is InChI=1S/C14H22O3S/c1-3-5-7-12-9-10-13(8-6-4-2)14(11-12)17-18(15)16/h9-11H,3-8H2,1-2H3,(H,15,16)/p-1. The number of aryl methyl sites for hydroxylation is 2. The van der Waals surface area contributed by atoms with Crippen LogP contribution in [0.4, 0.5) is 0 Å². The van der Waals surface area contributed by atoms with E-state index in [1.54, 1.807) is 0 Å². The molecule has 1 rings (SSSR count). The van der Waals surface area contributed by atoms with E-state index in [-0.39, 0.29) is 0 Å². The van der Waals surface area contributed by atoms with E-state index in [9.17, 15) is 8.76 Å². The zero-order valence-electron chi connectivity index (χ0n) is 11.1. The van der Waals surface area contributed by atoms with Crippen molar-refractivity contribution in [2.24, 2.45) is 0 Å². The van der Waals surface area contributed by atoms with Gasteiger partial charge in [-0.25, -0.2) is 4.21 Å². The first-order chi connectivity index (χ1) is 8.67. The Bertz CT molecular complexity index is 391. The number of hydrogen-bond donors (Lipinski definition) is 0. The fraction of sp³-hybridized carbons (Fsp3) is 0.571. The lowest BCUT2D eigenvalue weighted by Crippen LogP contribution is -2.02. The second kappa shape index (κ2) is 8.27. The Morgan fingerprint density at radius 1 is 1.17 bits per heavy atom. The van der Waals surface area contributed by atoms with E-state index in [1.165, 1.54) is 0 Å². The molecule has 0 fully saturated rings. The molecule has 102 valence electrons. The Balaban J connectivity index is 2.85. The van der Waals surface area contributed by atoms with Gasteiger partial charge in [-0.3, -0.25) is 0 Å². The zero-order chi connectivity index (χ0) is 13.4. The van der Waals surface area contributed by atoms with Crippen LogP contribution in [0.1, 0.15) is 50.7 Å². The number of unbranched alkanes of at least 4 members (excludes halogenated alkanes) is 2. The van der Waals surface area contributed by atoms with Gasteiger partial charge in [-0.15, -0.1) is 0 Å². The molecule has 0 aliphatic heterocycles. The summed E-state index contributed by atoms with van der Waals surface area (Å²) in [5.74, 6) is 0.491. The lowest BCUT2D eigenvalue weighted by molar-refractivity contribution is 0.437. The van der Waals surface area contributed by atoms with Crippen molar-refractivity contribution in [1.82, 2.24) is 0 Å². The van der Waals surface area contributed by atoms with Crippen LogP contribution >= 0.6 is 0 Å². The molecule has 3 nitrogen and oxygen atoms in total. The van der Waals surface area contributed by atoms with Crippen molar-refractivity contribution >= 4 is 11.4 Å². The van der Waals surface area contributed by atoms with Crippen LogP contribution in [-0.2, 0) is 24.2 Å². The van der Waals surface area contributed by atoms with Crippen molar-refractivity contribution in [1.29, 1.82) is 0 Å². The summed E-state index contributed by atoms with van der Waals surface area (Å²) in [5, 5.41) is 0. The third-order valence-electron chi connectivity index (χ3n) is 2.91. The number of benzene rings is 1. The molecule has 18 heavy (non-hydrogen) atoms. The lowest BCUT2D eigenvalue weighted by Gasteiger charge is -2.13. The summed E-state index contributed by atoms with van der Waals surface area (Å²) in [7, 11) is 0. The molecule has 1 aromatic carbocycles. The molecule has 0 radical (unpaired) electrons. The van der Waals surface area contributed by atoms with Gasteiger partial charge in [0, 0.05) is 0 Å². The maximum Gasteiger partial charge on any atom is 0.142 e. The van der Waals surface area contributed by atoms with Gasteiger partial charge in [0.2, 0.25) is 0 Å². The van der Waals surface area contributed by atoms with Crippen molar-refractivity contribution in [2.45, 2.75) is 52.4 Å². The molecule has 0 N–H and O–H groups in total. The first-order valence-electron chi connectivity index (χ1n) is 6.56. The minimum absolute atomic E-state index is 0.491. The Morgan fingerprint density at radius 2 is 1.83 bits per heavy atom. The van der Waals surface area contributed by atoms with Gasteiger partial charge in [0.25, 0.3) is 0 Å². The Hall–Kier alpha value is -0.870. The third-order valence-corrected chi connectivity index (χ3v) is 3.22. The van der Waals surface area contributed by atoms with Gasteiger partial charge in [0.1, 0.15) is 17.1 Å². The second-order valence-electron chi connectivity index (χ2n) is 4.44. The van der Waals surface area contributed by atoms with Crippen LogP contribution in [0.3, 0.4) is 0 Å². The van der Waals surface area contributed by atoms with Crippen LogP contribution in [0.25, 0.3) is 0 Å². The summed E-state index contributed by atoms with van der Waals surface area (Å²) < 4.78 is 26.3. The van der Waals surface area contributed by atoms with Gasteiger partial charge in [-0.1, -0.05) is 38.8 Å². The van der Waals surface area contributed by atoms with E-state index in [0.717, 1.165) is 49.7 Å². The van der Waals surface area contributed by atoms with Crippen molar-refractivity contribution in [3.05, 3.63) is 29.3 Å². The van der Waals surface area contributed by atoms with Crippen molar-refractivity contribution < 1.29 is 12.9 Å². The summed E-state index contributed by atoms with van der Waals surface area (Å²) >= 11 is -2.50.